The maximum Gasteiger partial charge on any atom is 0.177 e. The number of hydrogen-bond acceptors (Lipinski definition) is 4. The van der Waals surface area contributed by atoms with Gasteiger partial charge in [-0.15, -0.1) is 0 Å². The molecule has 0 aliphatic carbocycles. The zero-order chi connectivity index (χ0) is 17.1. The van der Waals surface area contributed by atoms with Crippen molar-refractivity contribution in [3.8, 4) is 0 Å². The molecule has 1 aromatic heterocycles. The minimum Gasteiger partial charge on any atom is -0.340 e. The average molecular weight is 350 g/mol. The molecule has 2 aromatic carbocycles. The first kappa shape index (κ1) is 16.2. The molecule has 0 radical (unpaired) electrons. The van der Waals surface area contributed by atoms with Gasteiger partial charge in [0.15, 0.2) is 5.17 Å². The van der Waals surface area contributed by atoms with Gasteiger partial charge in [-0.1, -0.05) is 61.5 Å². The molecule has 0 fully saturated rings. The van der Waals surface area contributed by atoms with Gasteiger partial charge in [0, 0.05) is 23.1 Å². The molecule has 0 amide bonds. The molecular formula is C20H22N4S. The number of pyridine rings is 1. The smallest absolute Gasteiger partial charge is 0.177 e. The molecule has 5 heteroatoms. The van der Waals surface area contributed by atoms with Crippen molar-refractivity contribution in [2.24, 2.45) is 10.1 Å². The van der Waals surface area contributed by atoms with Crippen LogP contribution >= 0.6 is 11.8 Å². The van der Waals surface area contributed by atoms with E-state index in [1.54, 1.807) is 11.8 Å². The molecule has 4 nitrogen and oxygen atoms in total. The van der Waals surface area contributed by atoms with E-state index in [1.807, 2.05) is 0 Å². The topological polar surface area (TPSA) is 41.7 Å². The monoisotopic (exact) mass is 350 g/mol. The van der Waals surface area contributed by atoms with Crippen molar-refractivity contribution in [1.29, 1.82) is 0 Å². The Hall–Kier alpha value is -2.27. The van der Waals surface area contributed by atoms with Crippen molar-refractivity contribution in [1.82, 2.24) is 9.99 Å². The molecule has 0 spiro atoms. The molecule has 1 aliphatic heterocycles. The maximum atomic E-state index is 4.75. The number of hydrogen-bond donors (Lipinski definition) is 1. The lowest BCUT2D eigenvalue weighted by atomic mass is 10.1. The van der Waals surface area contributed by atoms with Gasteiger partial charge in [0.1, 0.15) is 5.36 Å². The fraction of sp³-hybridized carbons (Fsp3) is 0.300. The summed E-state index contributed by atoms with van der Waals surface area (Å²) in [5, 5.41) is 9.01. The number of nitrogens with zero attached hydrogens (tertiary/aromatic N) is 3. The third-order valence-electron chi connectivity index (χ3n) is 4.48. The lowest BCUT2D eigenvalue weighted by Gasteiger charge is -2.16. The summed E-state index contributed by atoms with van der Waals surface area (Å²) in [6, 6.07) is 17.1. The number of unbranched alkanes of at least 4 members (excludes halogenated alkanes) is 1. The first-order valence-electron chi connectivity index (χ1n) is 8.86. The van der Waals surface area contributed by atoms with Gasteiger partial charge in [-0.3, -0.25) is 10.4 Å². The fourth-order valence-electron chi connectivity index (χ4n) is 3.28. The van der Waals surface area contributed by atoms with Crippen LogP contribution in [-0.2, 0) is 6.54 Å². The zero-order valence-electron chi connectivity index (χ0n) is 14.4. The molecule has 0 unspecified atom stereocenters. The number of amidine groups is 1. The van der Waals surface area contributed by atoms with Crippen LogP contribution < -0.4 is 10.8 Å². The number of rotatable bonds is 4. The second-order valence-corrected chi connectivity index (χ2v) is 7.23. The molecule has 3 aromatic rings. The summed E-state index contributed by atoms with van der Waals surface area (Å²) in [4.78, 5) is 4.44. The van der Waals surface area contributed by atoms with Crippen LogP contribution in [-0.4, -0.2) is 22.0 Å². The molecule has 1 N–H and O–H groups in total. The van der Waals surface area contributed by atoms with Crippen LogP contribution in [0.15, 0.2) is 58.6 Å². The highest BCUT2D eigenvalue weighted by Crippen LogP contribution is 2.20. The van der Waals surface area contributed by atoms with E-state index in [4.69, 9.17) is 5.10 Å². The lowest BCUT2D eigenvalue weighted by Crippen LogP contribution is -2.20. The van der Waals surface area contributed by atoms with Gasteiger partial charge in [0.05, 0.1) is 17.6 Å². The summed E-state index contributed by atoms with van der Waals surface area (Å²) < 4.78 is 2.43. The first-order chi connectivity index (χ1) is 12.4. The van der Waals surface area contributed by atoms with Gasteiger partial charge in [0.2, 0.25) is 0 Å². The standard InChI is InChI=1S/C20H22N4S/c1-2-3-13-24-17-10-6-4-8-15(17)19(16-9-5-7-11-18(16)24)22-23-20-21-12-14-25-20/h4-11H,2-3,12-14H2,1H3,(H,21,23). The van der Waals surface area contributed by atoms with E-state index in [1.165, 1.54) is 34.6 Å². The third kappa shape index (κ3) is 3.16. The van der Waals surface area contributed by atoms with E-state index in [-0.39, 0.29) is 0 Å². The normalized spacial score (nSPS) is 14.0. The van der Waals surface area contributed by atoms with Crippen LogP contribution in [0.2, 0.25) is 0 Å². The van der Waals surface area contributed by atoms with E-state index in [9.17, 15) is 0 Å². The van der Waals surface area contributed by atoms with Gasteiger partial charge in [-0.05, 0) is 18.6 Å². The van der Waals surface area contributed by atoms with E-state index in [0.29, 0.717) is 0 Å². The largest absolute Gasteiger partial charge is 0.340 e. The second kappa shape index (κ2) is 7.31. The van der Waals surface area contributed by atoms with Crippen molar-refractivity contribution < 1.29 is 0 Å². The highest BCUT2D eigenvalue weighted by molar-refractivity contribution is 8.14. The number of fused-ring (bicyclic) bond motifs is 2. The van der Waals surface area contributed by atoms with Crippen molar-refractivity contribution in [2.75, 3.05) is 12.3 Å². The van der Waals surface area contributed by atoms with E-state index >= 15 is 0 Å². The first-order valence-corrected chi connectivity index (χ1v) is 9.84. The second-order valence-electron chi connectivity index (χ2n) is 6.15. The predicted molar refractivity (Wildman–Crippen MR) is 108 cm³/mol. The summed E-state index contributed by atoms with van der Waals surface area (Å²) >= 11 is 1.73. The van der Waals surface area contributed by atoms with Gasteiger partial charge < -0.3 is 4.57 Å². The summed E-state index contributed by atoms with van der Waals surface area (Å²) in [6.07, 6.45) is 2.35. The van der Waals surface area contributed by atoms with Crippen molar-refractivity contribution in [2.45, 2.75) is 26.3 Å². The predicted octanol–water partition coefficient (Wildman–Crippen LogP) is 4.10. The van der Waals surface area contributed by atoms with Gasteiger partial charge in [-0.2, -0.15) is 5.10 Å². The minimum atomic E-state index is 0.871. The molecule has 4 rings (SSSR count). The summed E-state index contributed by atoms with van der Waals surface area (Å²) in [5.74, 6) is 1.03. The Balaban J connectivity index is 1.98. The van der Waals surface area contributed by atoms with Crippen molar-refractivity contribution in [3.05, 3.63) is 53.9 Å². The quantitative estimate of drug-likeness (QED) is 0.568. The lowest BCUT2D eigenvalue weighted by molar-refractivity contribution is 0.662. The van der Waals surface area contributed by atoms with Gasteiger partial charge >= 0.3 is 0 Å². The van der Waals surface area contributed by atoms with Crippen LogP contribution in [0.3, 0.4) is 0 Å². The SMILES string of the molecule is CCCCn1c2ccccc2c(=NNC2=NCCS2)c2ccccc21. The number of thioether (sulfide) groups is 1. The Morgan fingerprint density at radius 2 is 1.76 bits per heavy atom. The molecule has 128 valence electrons. The highest BCUT2D eigenvalue weighted by atomic mass is 32.2. The summed E-state index contributed by atoms with van der Waals surface area (Å²) in [7, 11) is 0. The average Bonchev–Trinajstić information content (AvgIpc) is 3.18. The summed E-state index contributed by atoms with van der Waals surface area (Å²) in [5.41, 5.74) is 5.64. The Morgan fingerprint density at radius 1 is 1.08 bits per heavy atom. The molecule has 25 heavy (non-hydrogen) atoms. The molecular weight excluding hydrogens is 328 g/mol. The van der Waals surface area contributed by atoms with Crippen LogP contribution in [0.4, 0.5) is 0 Å². The fourth-order valence-corrected chi connectivity index (χ4v) is 3.95. The van der Waals surface area contributed by atoms with Crippen LogP contribution in [0.1, 0.15) is 19.8 Å². The number of aliphatic imine (C=N–C) groups is 1. The highest BCUT2D eigenvalue weighted by Gasteiger charge is 2.10. The van der Waals surface area contributed by atoms with E-state index in [0.717, 1.165) is 29.4 Å². The number of nitrogens with one attached hydrogen (secondary N) is 1. The minimum absolute atomic E-state index is 0.871. The number of benzene rings is 2. The Morgan fingerprint density at radius 3 is 2.36 bits per heavy atom. The van der Waals surface area contributed by atoms with E-state index in [2.05, 4.69) is 70.4 Å². The van der Waals surface area contributed by atoms with E-state index < -0.39 is 0 Å². The zero-order valence-corrected chi connectivity index (χ0v) is 15.2. The van der Waals surface area contributed by atoms with Crippen molar-refractivity contribution in [3.63, 3.8) is 0 Å². The molecule has 0 atom stereocenters. The maximum absolute atomic E-state index is 4.75. The number of aryl methyl sites for hydroxylation is 1. The third-order valence-corrected chi connectivity index (χ3v) is 5.36. The Labute approximate surface area is 151 Å². The number of aromatic nitrogens is 1. The molecule has 2 heterocycles. The Kier molecular flexibility index (Phi) is 4.74. The molecule has 1 aliphatic rings. The van der Waals surface area contributed by atoms with Gasteiger partial charge in [0.25, 0.3) is 0 Å². The van der Waals surface area contributed by atoms with Crippen LogP contribution in [0.5, 0.6) is 0 Å². The Bertz CT molecular complexity index is 943. The van der Waals surface area contributed by atoms with Crippen LogP contribution in [0.25, 0.3) is 21.8 Å². The van der Waals surface area contributed by atoms with Gasteiger partial charge in [-0.25, -0.2) is 0 Å². The molecule has 0 saturated carbocycles. The molecule has 0 bridgehead atoms. The number of para-hydroxylation sites is 2. The summed E-state index contributed by atoms with van der Waals surface area (Å²) in [6.45, 7) is 4.13. The van der Waals surface area contributed by atoms with Crippen molar-refractivity contribution >= 4 is 38.7 Å². The van der Waals surface area contributed by atoms with Crippen LogP contribution in [0, 0.1) is 0 Å². The molecule has 0 saturated heterocycles.